The Bertz CT molecular complexity index is 354. The number of nitrogens with one attached hydrogen (secondary N) is 1. The van der Waals surface area contributed by atoms with Gasteiger partial charge in [-0.2, -0.15) is 4.39 Å². The van der Waals surface area contributed by atoms with Crippen molar-refractivity contribution in [3.05, 3.63) is 29.3 Å². The number of aromatic nitrogens is 1. The molecular formula is C11H16FN3. The van der Waals surface area contributed by atoms with E-state index in [9.17, 15) is 4.39 Å². The van der Waals surface area contributed by atoms with Gasteiger partial charge in [-0.3, -0.25) is 5.43 Å². The highest BCUT2D eigenvalue weighted by Crippen LogP contribution is 2.30. The fourth-order valence-electron chi connectivity index (χ4n) is 2.14. The minimum atomic E-state index is -0.368. The van der Waals surface area contributed by atoms with Gasteiger partial charge in [0.25, 0.3) is 0 Å². The predicted octanol–water partition coefficient (Wildman–Crippen LogP) is 1.80. The second-order valence-corrected chi connectivity index (χ2v) is 3.95. The van der Waals surface area contributed by atoms with Crippen molar-refractivity contribution in [1.29, 1.82) is 0 Å². The fraction of sp³-hybridized carbons (Fsp3) is 0.545. The van der Waals surface area contributed by atoms with E-state index >= 15 is 0 Å². The van der Waals surface area contributed by atoms with Crippen LogP contribution < -0.4 is 5.43 Å². The molecule has 0 saturated carbocycles. The second kappa shape index (κ2) is 4.24. The number of hydrogen-bond acceptors (Lipinski definition) is 3. The average molecular weight is 209 g/mol. The van der Waals surface area contributed by atoms with Gasteiger partial charge in [0.2, 0.25) is 5.95 Å². The van der Waals surface area contributed by atoms with E-state index in [4.69, 9.17) is 0 Å². The fourth-order valence-corrected chi connectivity index (χ4v) is 2.14. The van der Waals surface area contributed by atoms with Gasteiger partial charge in [-0.15, -0.1) is 0 Å². The third kappa shape index (κ3) is 2.01. The van der Waals surface area contributed by atoms with Gasteiger partial charge in [0.05, 0.1) is 6.04 Å². The van der Waals surface area contributed by atoms with Crippen molar-refractivity contribution in [3.8, 4) is 0 Å². The van der Waals surface area contributed by atoms with Crippen LogP contribution in [0.2, 0.25) is 0 Å². The van der Waals surface area contributed by atoms with Crippen LogP contribution in [0.25, 0.3) is 0 Å². The average Bonchev–Trinajstić information content (AvgIpc) is 2.70. The molecule has 82 valence electrons. The first-order valence-electron chi connectivity index (χ1n) is 5.28. The molecule has 1 fully saturated rings. The monoisotopic (exact) mass is 209 g/mol. The molecule has 1 atom stereocenters. The lowest BCUT2D eigenvalue weighted by Gasteiger charge is -2.23. The molecule has 0 bridgehead atoms. The van der Waals surface area contributed by atoms with Gasteiger partial charge in [0, 0.05) is 18.3 Å². The zero-order valence-electron chi connectivity index (χ0n) is 9.13. The quantitative estimate of drug-likeness (QED) is 0.753. The zero-order valence-corrected chi connectivity index (χ0v) is 9.13. The molecule has 15 heavy (non-hydrogen) atoms. The summed E-state index contributed by atoms with van der Waals surface area (Å²) in [7, 11) is 1.92. The van der Waals surface area contributed by atoms with E-state index in [0.717, 1.165) is 18.5 Å². The summed E-state index contributed by atoms with van der Waals surface area (Å²) in [6, 6.07) is 2.23. The summed E-state index contributed by atoms with van der Waals surface area (Å²) >= 11 is 0. The maximum atomic E-state index is 13.0. The highest BCUT2D eigenvalue weighted by molar-refractivity contribution is 5.21. The van der Waals surface area contributed by atoms with Crippen molar-refractivity contribution in [1.82, 2.24) is 15.4 Å². The third-order valence-corrected chi connectivity index (χ3v) is 2.96. The van der Waals surface area contributed by atoms with E-state index in [1.807, 2.05) is 13.1 Å². The molecule has 4 heteroatoms. The molecule has 1 aromatic rings. The smallest absolute Gasteiger partial charge is 0.215 e. The Morgan fingerprint density at radius 2 is 2.40 bits per heavy atom. The predicted molar refractivity (Wildman–Crippen MR) is 56.7 cm³/mol. The van der Waals surface area contributed by atoms with Gasteiger partial charge in [-0.25, -0.2) is 9.99 Å². The molecule has 1 aromatic heterocycles. The Morgan fingerprint density at radius 3 is 3.07 bits per heavy atom. The van der Waals surface area contributed by atoms with Crippen LogP contribution in [0.5, 0.6) is 0 Å². The maximum Gasteiger partial charge on any atom is 0.215 e. The minimum absolute atomic E-state index is 0.335. The number of rotatable bonds is 2. The second-order valence-electron chi connectivity index (χ2n) is 3.95. The Morgan fingerprint density at radius 1 is 1.60 bits per heavy atom. The van der Waals surface area contributed by atoms with Crippen LogP contribution in [-0.4, -0.2) is 23.6 Å². The summed E-state index contributed by atoms with van der Waals surface area (Å²) in [6.45, 7) is 2.79. The molecule has 1 aliphatic heterocycles. The molecular weight excluding hydrogens is 193 g/mol. The first-order valence-corrected chi connectivity index (χ1v) is 5.28. The molecule has 0 radical (unpaired) electrons. The maximum absolute atomic E-state index is 13.0. The van der Waals surface area contributed by atoms with Gasteiger partial charge < -0.3 is 0 Å². The summed E-state index contributed by atoms with van der Waals surface area (Å²) in [5.41, 5.74) is 4.88. The van der Waals surface area contributed by atoms with Crippen LogP contribution in [0.1, 0.15) is 30.0 Å². The minimum Gasteiger partial charge on any atom is -0.258 e. The Hall–Kier alpha value is -1.00. The SMILES string of the molecule is CNN1CCCC1c1cnc(F)c(C)c1. The van der Waals surface area contributed by atoms with E-state index < -0.39 is 0 Å². The summed E-state index contributed by atoms with van der Waals surface area (Å²) in [5.74, 6) is -0.368. The number of nitrogens with zero attached hydrogens (tertiary/aromatic N) is 2. The Kier molecular flexibility index (Phi) is 2.98. The standard InChI is InChI=1S/C11H16FN3/c1-8-6-9(7-14-11(8)12)10-4-3-5-15(10)13-2/h6-7,10,13H,3-5H2,1-2H3. The molecule has 2 rings (SSSR count). The highest BCUT2D eigenvalue weighted by atomic mass is 19.1. The van der Waals surface area contributed by atoms with E-state index in [-0.39, 0.29) is 5.95 Å². The summed E-state index contributed by atoms with van der Waals surface area (Å²) in [5, 5.41) is 2.17. The number of hydrazine groups is 1. The highest BCUT2D eigenvalue weighted by Gasteiger charge is 2.25. The van der Waals surface area contributed by atoms with Crippen LogP contribution in [0.15, 0.2) is 12.3 Å². The van der Waals surface area contributed by atoms with Crippen LogP contribution in [0, 0.1) is 12.9 Å². The van der Waals surface area contributed by atoms with Crippen molar-refractivity contribution in [2.45, 2.75) is 25.8 Å². The molecule has 0 amide bonds. The lowest BCUT2D eigenvalue weighted by atomic mass is 10.1. The lowest BCUT2D eigenvalue weighted by Crippen LogP contribution is -2.34. The van der Waals surface area contributed by atoms with E-state index in [0.29, 0.717) is 11.6 Å². The third-order valence-electron chi connectivity index (χ3n) is 2.96. The van der Waals surface area contributed by atoms with Crippen LogP contribution in [-0.2, 0) is 0 Å². The number of aryl methyl sites for hydroxylation is 1. The molecule has 1 saturated heterocycles. The lowest BCUT2D eigenvalue weighted by molar-refractivity contribution is 0.190. The molecule has 0 spiro atoms. The normalized spacial score (nSPS) is 22.2. The first-order chi connectivity index (χ1) is 7.22. The zero-order chi connectivity index (χ0) is 10.8. The summed E-state index contributed by atoms with van der Waals surface area (Å²) in [4.78, 5) is 3.77. The van der Waals surface area contributed by atoms with Crippen molar-refractivity contribution in [2.24, 2.45) is 0 Å². The van der Waals surface area contributed by atoms with E-state index in [1.165, 1.54) is 6.42 Å². The van der Waals surface area contributed by atoms with Crippen LogP contribution >= 0.6 is 0 Å². The molecule has 1 N–H and O–H groups in total. The first kappa shape index (κ1) is 10.5. The number of halogens is 1. The van der Waals surface area contributed by atoms with Gasteiger partial charge >= 0.3 is 0 Å². The van der Waals surface area contributed by atoms with Crippen LogP contribution in [0.3, 0.4) is 0 Å². The van der Waals surface area contributed by atoms with E-state index in [1.54, 1.807) is 13.1 Å². The van der Waals surface area contributed by atoms with Gasteiger partial charge in [-0.05, 0) is 38.4 Å². The van der Waals surface area contributed by atoms with Crippen molar-refractivity contribution in [3.63, 3.8) is 0 Å². The Balaban J connectivity index is 2.25. The van der Waals surface area contributed by atoms with Crippen molar-refractivity contribution < 1.29 is 4.39 Å². The van der Waals surface area contributed by atoms with E-state index in [2.05, 4.69) is 15.4 Å². The largest absolute Gasteiger partial charge is 0.258 e. The Labute approximate surface area is 89.3 Å². The molecule has 2 heterocycles. The van der Waals surface area contributed by atoms with Crippen molar-refractivity contribution >= 4 is 0 Å². The molecule has 3 nitrogen and oxygen atoms in total. The molecule has 1 unspecified atom stereocenters. The van der Waals surface area contributed by atoms with Gasteiger partial charge in [-0.1, -0.05) is 0 Å². The number of pyridine rings is 1. The molecule has 0 aromatic carbocycles. The van der Waals surface area contributed by atoms with Crippen LogP contribution in [0.4, 0.5) is 4.39 Å². The van der Waals surface area contributed by atoms with Gasteiger partial charge in [0.15, 0.2) is 0 Å². The number of hydrogen-bond donors (Lipinski definition) is 1. The van der Waals surface area contributed by atoms with Crippen molar-refractivity contribution in [2.75, 3.05) is 13.6 Å². The summed E-state index contributed by atoms with van der Waals surface area (Å²) < 4.78 is 13.0. The van der Waals surface area contributed by atoms with Gasteiger partial charge in [0.1, 0.15) is 0 Å². The molecule has 1 aliphatic rings. The molecule has 0 aliphatic carbocycles. The summed E-state index contributed by atoms with van der Waals surface area (Å²) in [6.07, 6.45) is 3.91. The topological polar surface area (TPSA) is 28.2 Å².